The maximum Gasteiger partial charge on any atom is 0.270 e. The van der Waals surface area contributed by atoms with Crippen molar-refractivity contribution in [2.45, 2.75) is 18.4 Å². The largest absolute Gasteiger partial charge is 0.371 e. The summed E-state index contributed by atoms with van der Waals surface area (Å²) in [7, 11) is 1.86. The fourth-order valence-electron chi connectivity index (χ4n) is 4.79. The third-order valence-corrected chi connectivity index (χ3v) is 6.52. The van der Waals surface area contributed by atoms with Crippen molar-refractivity contribution in [1.29, 1.82) is 0 Å². The summed E-state index contributed by atoms with van der Waals surface area (Å²) in [5, 5.41) is 4.05. The number of benzene rings is 1. The quantitative estimate of drug-likeness (QED) is 0.684. The van der Waals surface area contributed by atoms with Crippen LogP contribution in [-0.4, -0.2) is 58.1 Å². The van der Waals surface area contributed by atoms with Crippen LogP contribution in [0.1, 0.15) is 33.8 Å². The Bertz CT molecular complexity index is 1060. The van der Waals surface area contributed by atoms with Gasteiger partial charge in [0.05, 0.1) is 13.1 Å². The molecule has 2 aromatic heterocycles. The van der Waals surface area contributed by atoms with Crippen LogP contribution in [0.4, 0.5) is 0 Å². The molecule has 1 atom stereocenters. The van der Waals surface area contributed by atoms with Crippen molar-refractivity contribution in [3.8, 4) is 0 Å². The van der Waals surface area contributed by atoms with Crippen LogP contribution in [0, 0.1) is 5.92 Å². The van der Waals surface area contributed by atoms with Gasteiger partial charge in [-0.3, -0.25) is 9.59 Å². The number of aromatic amines is 1. The molecule has 2 N–H and O–H groups in total. The third-order valence-electron chi connectivity index (χ3n) is 6.52. The van der Waals surface area contributed by atoms with Crippen LogP contribution in [-0.2, 0) is 11.8 Å². The number of hydrogen-bond acceptors (Lipinski definition) is 3. The maximum atomic E-state index is 12.9. The molecule has 0 aliphatic carbocycles. The van der Waals surface area contributed by atoms with Gasteiger partial charge in [0, 0.05) is 37.3 Å². The van der Waals surface area contributed by atoms with Crippen molar-refractivity contribution in [3.63, 3.8) is 0 Å². The van der Waals surface area contributed by atoms with Crippen molar-refractivity contribution in [1.82, 2.24) is 19.8 Å². The first-order valence-electron chi connectivity index (χ1n) is 10.5. The number of amides is 2. The average molecular weight is 406 g/mol. The van der Waals surface area contributed by atoms with Crippen LogP contribution < -0.4 is 5.32 Å². The lowest BCUT2D eigenvalue weighted by Crippen LogP contribution is -2.66. The summed E-state index contributed by atoms with van der Waals surface area (Å²) >= 11 is 0. The molecule has 2 aliphatic rings. The van der Waals surface area contributed by atoms with Crippen molar-refractivity contribution < 1.29 is 14.3 Å². The molecule has 30 heavy (non-hydrogen) atoms. The van der Waals surface area contributed by atoms with Crippen molar-refractivity contribution in [3.05, 3.63) is 60.0 Å². The number of aryl methyl sites for hydroxylation is 1. The summed E-state index contributed by atoms with van der Waals surface area (Å²) in [6.45, 7) is 2.54. The molecule has 0 radical (unpaired) electrons. The Morgan fingerprint density at radius 1 is 1.23 bits per heavy atom. The molecule has 1 spiro atoms. The zero-order chi connectivity index (χ0) is 20.7. The average Bonchev–Trinajstić information content (AvgIpc) is 3.43. The molecule has 3 aromatic rings. The molecule has 0 unspecified atom stereocenters. The minimum atomic E-state index is -0.266. The highest BCUT2D eigenvalue weighted by Gasteiger charge is 2.54. The summed E-state index contributed by atoms with van der Waals surface area (Å²) < 4.78 is 7.91. The minimum Gasteiger partial charge on any atom is -0.371 e. The zero-order valence-corrected chi connectivity index (χ0v) is 17.1. The smallest absolute Gasteiger partial charge is 0.270 e. The predicted molar refractivity (Wildman–Crippen MR) is 113 cm³/mol. The van der Waals surface area contributed by atoms with Gasteiger partial charge in [-0.05, 0) is 43.0 Å². The lowest BCUT2D eigenvalue weighted by Gasteiger charge is -2.50. The molecule has 2 fully saturated rings. The van der Waals surface area contributed by atoms with Crippen molar-refractivity contribution in [2.24, 2.45) is 13.0 Å². The summed E-state index contributed by atoms with van der Waals surface area (Å²) in [6.07, 6.45) is 3.68. The van der Waals surface area contributed by atoms with Crippen molar-refractivity contribution in [2.75, 3.05) is 26.2 Å². The lowest BCUT2D eigenvalue weighted by atomic mass is 9.78. The van der Waals surface area contributed by atoms with Crippen LogP contribution in [0.5, 0.6) is 0 Å². The number of nitrogens with zero attached hydrogens (tertiary/aromatic N) is 2. The summed E-state index contributed by atoms with van der Waals surface area (Å²) in [5.74, 6) is 0.306. The van der Waals surface area contributed by atoms with Gasteiger partial charge in [-0.1, -0.05) is 18.2 Å². The molecular formula is C23H26N4O3. The van der Waals surface area contributed by atoms with E-state index in [1.165, 1.54) is 0 Å². The van der Waals surface area contributed by atoms with Gasteiger partial charge in [0.1, 0.15) is 17.0 Å². The molecule has 1 aromatic carbocycles. The number of ether oxygens (including phenoxy) is 1. The van der Waals surface area contributed by atoms with E-state index in [0.717, 1.165) is 23.7 Å². The molecule has 5 rings (SSSR count). The van der Waals surface area contributed by atoms with E-state index in [9.17, 15) is 9.59 Å². The topological polar surface area (TPSA) is 79.4 Å². The van der Waals surface area contributed by atoms with E-state index in [1.54, 1.807) is 0 Å². The highest BCUT2D eigenvalue weighted by Crippen LogP contribution is 2.42. The molecule has 7 heteroatoms. The first kappa shape index (κ1) is 18.9. The van der Waals surface area contributed by atoms with E-state index in [0.29, 0.717) is 43.5 Å². The maximum absolute atomic E-state index is 12.9. The fourth-order valence-corrected chi connectivity index (χ4v) is 4.79. The Kier molecular flexibility index (Phi) is 4.62. The highest BCUT2D eigenvalue weighted by atomic mass is 16.5. The van der Waals surface area contributed by atoms with E-state index in [1.807, 2.05) is 65.2 Å². The number of H-pyrrole nitrogens is 1. The second-order valence-corrected chi connectivity index (χ2v) is 8.38. The Morgan fingerprint density at radius 3 is 2.83 bits per heavy atom. The van der Waals surface area contributed by atoms with Gasteiger partial charge in [-0.15, -0.1) is 0 Å². The molecule has 2 aliphatic heterocycles. The van der Waals surface area contributed by atoms with E-state index in [4.69, 9.17) is 4.74 Å². The number of hydrogen-bond donors (Lipinski definition) is 2. The monoisotopic (exact) mass is 406 g/mol. The zero-order valence-electron chi connectivity index (χ0n) is 17.1. The number of nitrogens with one attached hydrogen (secondary N) is 2. The second-order valence-electron chi connectivity index (χ2n) is 8.38. The van der Waals surface area contributed by atoms with Gasteiger partial charge in [0.25, 0.3) is 11.8 Å². The van der Waals surface area contributed by atoms with E-state index < -0.39 is 0 Å². The Balaban J connectivity index is 1.17. The number of aromatic nitrogens is 2. The number of likely N-dealkylation sites (tertiary alicyclic amines) is 1. The van der Waals surface area contributed by atoms with Crippen LogP contribution in [0.15, 0.2) is 48.7 Å². The molecule has 2 amide bonds. The SMILES string of the molecule is Cn1cccc1C(=O)NCC[C@@H]1CCOC12CN(C(=O)c1cc3ccccc3[nH]1)C2. The van der Waals surface area contributed by atoms with Gasteiger partial charge in [0.15, 0.2) is 0 Å². The fraction of sp³-hybridized carbons (Fsp3) is 0.391. The summed E-state index contributed by atoms with van der Waals surface area (Å²) in [4.78, 5) is 30.3. The van der Waals surface area contributed by atoms with Crippen LogP contribution in [0.3, 0.4) is 0 Å². The van der Waals surface area contributed by atoms with E-state index >= 15 is 0 Å². The Morgan fingerprint density at radius 2 is 2.07 bits per heavy atom. The van der Waals surface area contributed by atoms with Gasteiger partial charge in [0.2, 0.25) is 0 Å². The number of fused-ring (bicyclic) bond motifs is 1. The van der Waals surface area contributed by atoms with E-state index in [2.05, 4.69) is 10.3 Å². The number of rotatable bonds is 5. The predicted octanol–water partition coefficient (Wildman–Crippen LogP) is 2.56. The molecule has 0 saturated carbocycles. The number of para-hydroxylation sites is 1. The Hall–Kier alpha value is -3.06. The molecule has 7 nitrogen and oxygen atoms in total. The highest BCUT2D eigenvalue weighted by molar-refractivity contribution is 5.98. The Labute approximate surface area is 175 Å². The second kappa shape index (κ2) is 7.32. The minimum absolute atomic E-state index is 0.0167. The first-order valence-corrected chi connectivity index (χ1v) is 10.5. The van der Waals surface area contributed by atoms with Crippen molar-refractivity contribution >= 4 is 22.7 Å². The molecular weight excluding hydrogens is 380 g/mol. The van der Waals surface area contributed by atoms with Crippen LogP contribution >= 0.6 is 0 Å². The van der Waals surface area contributed by atoms with Crippen LogP contribution in [0.25, 0.3) is 10.9 Å². The first-order chi connectivity index (χ1) is 14.6. The normalized spacial score (nSPS) is 19.9. The van der Waals surface area contributed by atoms with Gasteiger partial charge < -0.3 is 24.5 Å². The standard InChI is InChI=1S/C23H26N4O3/c1-26-11-4-7-20(26)21(28)24-10-8-17-9-12-30-23(17)14-27(15-23)22(29)19-13-16-5-2-3-6-18(16)25-19/h2-7,11,13,17,25H,8-10,12,14-15H2,1H3,(H,24,28)/t17-/m1/s1. The lowest BCUT2D eigenvalue weighted by molar-refractivity contribution is -0.118. The molecule has 156 valence electrons. The molecule has 4 heterocycles. The number of carbonyl (C=O) groups excluding carboxylic acids is 2. The number of carbonyl (C=O) groups is 2. The van der Waals surface area contributed by atoms with E-state index in [-0.39, 0.29) is 17.4 Å². The van der Waals surface area contributed by atoms with Gasteiger partial charge in [-0.25, -0.2) is 0 Å². The molecule has 2 saturated heterocycles. The van der Waals surface area contributed by atoms with Gasteiger partial charge in [-0.2, -0.15) is 0 Å². The summed E-state index contributed by atoms with van der Waals surface area (Å²) in [6, 6.07) is 13.5. The third kappa shape index (κ3) is 3.19. The van der Waals surface area contributed by atoms with Crippen LogP contribution in [0.2, 0.25) is 0 Å². The molecule has 0 bridgehead atoms. The summed E-state index contributed by atoms with van der Waals surface area (Å²) in [5.41, 5.74) is 1.98. The van der Waals surface area contributed by atoms with Gasteiger partial charge >= 0.3 is 0 Å².